The van der Waals surface area contributed by atoms with Gasteiger partial charge in [-0.1, -0.05) is 31.2 Å². The van der Waals surface area contributed by atoms with Crippen LogP contribution in [0.4, 0.5) is 0 Å². The molecule has 0 radical (unpaired) electrons. The van der Waals surface area contributed by atoms with Crippen LogP contribution < -0.4 is 4.74 Å². The summed E-state index contributed by atoms with van der Waals surface area (Å²) in [6, 6.07) is 15.9. The van der Waals surface area contributed by atoms with Gasteiger partial charge in [-0.15, -0.1) is 0 Å². The zero-order valence-electron chi connectivity index (χ0n) is 16.7. The van der Waals surface area contributed by atoms with Crippen molar-refractivity contribution in [2.24, 2.45) is 5.92 Å². The molecule has 150 valence electrons. The van der Waals surface area contributed by atoms with E-state index in [1.54, 1.807) is 6.92 Å². The van der Waals surface area contributed by atoms with Crippen LogP contribution in [0.1, 0.15) is 41.8 Å². The number of aromatic nitrogens is 1. The number of nitrogens with zero attached hydrogens (tertiary/aromatic N) is 1. The molecule has 0 fully saturated rings. The molecule has 0 bridgehead atoms. The van der Waals surface area contributed by atoms with Crippen LogP contribution >= 0.6 is 0 Å². The van der Waals surface area contributed by atoms with Crippen molar-refractivity contribution in [1.29, 1.82) is 0 Å². The average Bonchev–Trinajstić information content (AvgIpc) is 3.31. The first-order valence-corrected chi connectivity index (χ1v) is 10.0. The molecule has 3 aromatic rings. The molecule has 0 aliphatic heterocycles. The molecule has 0 saturated heterocycles. The van der Waals surface area contributed by atoms with E-state index in [0.29, 0.717) is 18.9 Å². The first-order valence-electron chi connectivity index (χ1n) is 10.0. The second-order valence-corrected chi connectivity index (χ2v) is 7.62. The maximum Gasteiger partial charge on any atom is 0.306 e. The molecule has 1 aliphatic carbocycles. The van der Waals surface area contributed by atoms with E-state index in [1.807, 2.05) is 49.4 Å². The van der Waals surface area contributed by atoms with Gasteiger partial charge in [-0.25, -0.2) is 4.98 Å². The third-order valence-electron chi connectivity index (χ3n) is 5.75. The Morgan fingerprint density at radius 1 is 1.28 bits per heavy atom. The van der Waals surface area contributed by atoms with Crippen LogP contribution in [0.2, 0.25) is 0 Å². The maximum absolute atomic E-state index is 11.3. The van der Waals surface area contributed by atoms with Crippen LogP contribution in [-0.2, 0) is 17.6 Å². The minimum Gasteiger partial charge on any atom is -0.493 e. The Morgan fingerprint density at radius 3 is 2.83 bits per heavy atom. The van der Waals surface area contributed by atoms with Gasteiger partial charge in [0, 0.05) is 12.0 Å². The van der Waals surface area contributed by atoms with Gasteiger partial charge in [0.1, 0.15) is 11.5 Å². The summed E-state index contributed by atoms with van der Waals surface area (Å²) in [5, 5.41) is 9.31. The Balaban J connectivity index is 1.39. The summed E-state index contributed by atoms with van der Waals surface area (Å²) in [7, 11) is 0. The Kier molecular flexibility index (Phi) is 5.38. The van der Waals surface area contributed by atoms with Crippen LogP contribution in [0, 0.1) is 12.8 Å². The lowest BCUT2D eigenvalue weighted by Gasteiger charge is -2.16. The number of fused-ring (bicyclic) bond motifs is 1. The molecule has 4 rings (SSSR count). The highest BCUT2D eigenvalue weighted by Crippen LogP contribution is 2.39. The van der Waals surface area contributed by atoms with Gasteiger partial charge in [-0.05, 0) is 61.1 Å². The van der Waals surface area contributed by atoms with E-state index in [2.05, 4.69) is 11.1 Å². The summed E-state index contributed by atoms with van der Waals surface area (Å²) in [5.74, 6) is 1.25. The van der Waals surface area contributed by atoms with Gasteiger partial charge in [-0.3, -0.25) is 4.79 Å². The highest BCUT2D eigenvalue weighted by atomic mass is 16.5. The topological polar surface area (TPSA) is 72.6 Å². The van der Waals surface area contributed by atoms with Gasteiger partial charge >= 0.3 is 5.97 Å². The monoisotopic (exact) mass is 391 g/mol. The Hall–Kier alpha value is -3.08. The van der Waals surface area contributed by atoms with E-state index < -0.39 is 5.97 Å². The molecule has 0 spiro atoms. The number of carbonyl (C=O) groups is 1. The number of hydrogen-bond donors (Lipinski definition) is 1. The number of carboxylic acid groups (broad SMARTS) is 1. The van der Waals surface area contributed by atoms with Gasteiger partial charge in [0.15, 0.2) is 0 Å². The van der Waals surface area contributed by atoms with Gasteiger partial charge in [0.25, 0.3) is 0 Å². The molecule has 1 N–H and O–H groups in total. The van der Waals surface area contributed by atoms with Crippen LogP contribution in [0.3, 0.4) is 0 Å². The fraction of sp³-hybridized carbons (Fsp3) is 0.333. The highest BCUT2D eigenvalue weighted by molar-refractivity contribution is 5.71. The smallest absolute Gasteiger partial charge is 0.306 e. The lowest BCUT2D eigenvalue weighted by Crippen LogP contribution is -2.17. The standard InChI is InChI=1S/C24H25NO4/c1-15(24(26)27)20-10-8-18-14-19(9-11-21(18)20)28-13-12-22-16(2)29-23(25-22)17-6-4-3-5-7-17/h3-7,9,11,14-15,20H,8,10,12-13H2,1-2H3,(H,26,27)/t15-,20-/m1/s1. The molecule has 29 heavy (non-hydrogen) atoms. The van der Waals surface area contributed by atoms with Crippen molar-refractivity contribution in [3.63, 3.8) is 0 Å². The molecular formula is C24H25NO4. The van der Waals surface area contributed by atoms with Crippen molar-refractivity contribution < 1.29 is 19.1 Å². The van der Waals surface area contributed by atoms with Gasteiger partial charge < -0.3 is 14.3 Å². The number of ether oxygens (including phenoxy) is 1. The minimum absolute atomic E-state index is 0.0886. The lowest BCUT2D eigenvalue weighted by atomic mass is 9.89. The van der Waals surface area contributed by atoms with Crippen molar-refractivity contribution in [2.45, 2.75) is 39.0 Å². The third-order valence-corrected chi connectivity index (χ3v) is 5.75. The predicted molar refractivity (Wildman–Crippen MR) is 110 cm³/mol. The van der Waals surface area contributed by atoms with Crippen molar-refractivity contribution in [3.05, 3.63) is 71.1 Å². The quantitative estimate of drug-likeness (QED) is 0.612. The first kappa shape index (κ1) is 19.2. The van der Waals surface area contributed by atoms with Crippen LogP contribution in [0.25, 0.3) is 11.5 Å². The minimum atomic E-state index is -0.735. The summed E-state index contributed by atoms with van der Waals surface area (Å²) in [6.45, 7) is 4.22. The molecule has 0 saturated carbocycles. The number of benzene rings is 2. The van der Waals surface area contributed by atoms with Crippen LogP contribution in [0.5, 0.6) is 5.75 Å². The largest absolute Gasteiger partial charge is 0.493 e. The fourth-order valence-corrected chi connectivity index (χ4v) is 4.04. The van der Waals surface area contributed by atoms with E-state index in [9.17, 15) is 9.90 Å². The predicted octanol–water partition coefficient (Wildman–Crippen LogP) is 5.02. The van der Waals surface area contributed by atoms with E-state index in [-0.39, 0.29) is 11.8 Å². The summed E-state index contributed by atoms with van der Waals surface area (Å²) < 4.78 is 11.8. The SMILES string of the molecule is Cc1oc(-c2ccccc2)nc1CCOc1ccc2c(c1)CC[C@@H]2[C@@H](C)C(=O)O. The first-order chi connectivity index (χ1) is 14.0. The number of oxazole rings is 1. The number of rotatable bonds is 7. The average molecular weight is 391 g/mol. The summed E-state index contributed by atoms with van der Waals surface area (Å²) in [6.07, 6.45) is 2.45. The third kappa shape index (κ3) is 4.04. The molecule has 2 aromatic carbocycles. The van der Waals surface area contributed by atoms with E-state index in [0.717, 1.165) is 41.2 Å². The molecule has 5 heteroatoms. The normalized spacial score (nSPS) is 16.4. The Labute approximate surface area is 170 Å². The van der Waals surface area contributed by atoms with Crippen LogP contribution in [-0.4, -0.2) is 22.7 Å². The Bertz CT molecular complexity index is 1010. The highest BCUT2D eigenvalue weighted by Gasteiger charge is 2.31. The fourth-order valence-electron chi connectivity index (χ4n) is 4.04. The van der Waals surface area contributed by atoms with Crippen molar-refractivity contribution in [1.82, 2.24) is 4.98 Å². The molecule has 0 amide bonds. The number of carboxylic acids is 1. The summed E-state index contributed by atoms with van der Waals surface area (Å²) in [4.78, 5) is 15.9. The summed E-state index contributed by atoms with van der Waals surface area (Å²) >= 11 is 0. The molecule has 1 aromatic heterocycles. The summed E-state index contributed by atoms with van der Waals surface area (Å²) in [5.41, 5.74) is 4.21. The lowest BCUT2D eigenvalue weighted by molar-refractivity contribution is -0.141. The van der Waals surface area contributed by atoms with Gasteiger partial charge in [-0.2, -0.15) is 0 Å². The number of hydrogen-bond acceptors (Lipinski definition) is 4. The van der Waals surface area contributed by atoms with Crippen molar-refractivity contribution >= 4 is 5.97 Å². The molecule has 2 atom stereocenters. The van der Waals surface area contributed by atoms with E-state index in [4.69, 9.17) is 9.15 Å². The molecule has 5 nitrogen and oxygen atoms in total. The molecule has 1 aliphatic rings. The van der Waals surface area contributed by atoms with Crippen molar-refractivity contribution in [2.75, 3.05) is 6.61 Å². The van der Waals surface area contributed by atoms with Crippen molar-refractivity contribution in [3.8, 4) is 17.2 Å². The number of aliphatic carboxylic acids is 1. The maximum atomic E-state index is 11.3. The zero-order chi connectivity index (χ0) is 20.4. The molecule has 0 unspecified atom stereocenters. The Morgan fingerprint density at radius 2 is 2.07 bits per heavy atom. The van der Waals surface area contributed by atoms with E-state index >= 15 is 0 Å². The second-order valence-electron chi connectivity index (χ2n) is 7.62. The molecule has 1 heterocycles. The van der Waals surface area contributed by atoms with Crippen LogP contribution in [0.15, 0.2) is 52.9 Å². The van der Waals surface area contributed by atoms with Gasteiger partial charge in [0.05, 0.1) is 18.2 Å². The number of aryl methyl sites for hydroxylation is 2. The molecular weight excluding hydrogens is 366 g/mol. The van der Waals surface area contributed by atoms with Gasteiger partial charge in [0.2, 0.25) is 5.89 Å². The zero-order valence-corrected chi connectivity index (χ0v) is 16.7. The second kappa shape index (κ2) is 8.11. The van der Waals surface area contributed by atoms with E-state index in [1.165, 1.54) is 5.56 Å².